The molecule has 96 valence electrons. The fourth-order valence-electron chi connectivity index (χ4n) is 1.41. The summed E-state index contributed by atoms with van der Waals surface area (Å²) in [5, 5.41) is 10.8. The third kappa shape index (κ3) is 2.91. The molecule has 0 saturated carbocycles. The molecule has 1 aromatic carbocycles. The first-order valence-corrected chi connectivity index (χ1v) is 5.53. The van der Waals surface area contributed by atoms with Crippen LogP contribution >= 0.6 is 0 Å². The summed E-state index contributed by atoms with van der Waals surface area (Å²) in [6.45, 7) is 5.75. The number of aryl methyl sites for hydroxylation is 1. The van der Waals surface area contributed by atoms with E-state index in [2.05, 4.69) is 4.98 Å². The van der Waals surface area contributed by atoms with Crippen molar-refractivity contribution in [1.82, 2.24) is 9.55 Å². The summed E-state index contributed by atoms with van der Waals surface area (Å²) in [4.78, 5) is 14.2. The number of nitro groups is 1. The van der Waals surface area contributed by atoms with Crippen molar-refractivity contribution in [3.8, 4) is 5.69 Å². The first kappa shape index (κ1) is 13.8. The van der Waals surface area contributed by atoms with Crippen molar-refractivity contribution in [1.29, 1.82) is 0 Å². The van der Waals surface area contributed by atoms with E-state index in [0.29, 0.717) is 5.69 Å². The zero-order chi connectivity index (χ0) is 13.7. The zero-order valence-corrected chi connectivity index (χ0v) is 10.4. The Hall–Kier alpha value is -2.24. The molecule has 2 rings (SSSR count). The van der Waals surface area contributed by atoms with Crippen LogP contribution in [-0.2, 0) is 0 Å². The van der Waals surface area contributed by atoms with Gasteiger partial charge in [-0.25, -0.2) is 9.37 Å². The van der Waals surface area contributed by atoms with Gasteiger partial charge in [-0.2, -0.15) is 0 Å². The highest BCUT2D eigenvalue weighted by atomic mass is 19.1. The fourth-order valence-corrected chi connectivity index (χ4v) is 1.41. The molecule has 0 radical (unpaired) electrons. The monoisotopic (exact) mass is 251 g/mol. The van der Waals surface area contributed by atoms with Gasteiger partial charge in [-0.15, -0.1) is 0 Å². The molecule has 2 aromatic rings. The molecule has 1 aromatic heterocycles. The van der Waals surface area contributed by atoms with E-state index in [1.807, 2.05) is 13.8 Å². The fraction of sp³-hybridized carbons (Fsp3) is 0.250. The van der Waals surface area contributed by atoms with Crippen LogP contribution in [0.2, 0.25) is 0 Å². The molecule has 0 saturated heterocycles. The number of imidazole rings is 1. The molecule has 0 aliphatic heterocycles. The van der Waals surface area contributed by atoms with Gasteiger partial charge >= 0.3 is 0 Å². The van der Waals surface area contributed by atoms with Crippen LogP contribution in [0.15, 0.2) is 30.7 Å². The van der Waals surface area contributed by atoms with Crippen molar-refractivity contribution < 1.29 is 9.31 Å². The van der Waals surface area contributed by atoms with Gasteiger partial charge in [-0.3, -0.25) is 14.7 Å². The highest BCUT2D eigenvalue weighted by Gasteiger charge is 2.15. The molecule has 1 heterocycles. The summed E-state index contributed by atoms with van der Waals surface area (Å²) in [7, 11) is 0. The SMILES string of the molecule is CC.Cc1cn(-c2cc(F)ccc2[N+](=O)[O-])cn1. The summed E-state index contributed by atoms with van der Waals surface area (Å²) in [6, 6.07) is 3.31. The Kier molecular flexibility index (Phi) is 4.53. The van der Waals surface area contributed by atoms with Crippen LogP contribution in [-0.4, -0.2) is 14.5 Å². The van der Waals surface area contributed by atoms with Crippen molar-refractivity contribution in [3.05, 3.63) is 52.3 Å². The second kappa shape index (κ2) is 5.90. The minimum absolute atomic E-state index is 0.154. The minimum atomic E-state index is -0.551. The quantitative estimate of drug-likeness (QED) is 0.608. The van der Waals surface area contributed by atoms with Gasteiger partial charge in [0.25, 0.3) is 5.69 Å². The number of halogens is 1. The lowest BCUT2D eigenvalue weighted by molar-refractivity contribution is -0.384. The molecule has 0 bridgehead atoms. The Morgan fingerprint density at radius 2 is 2.06 bits per heavy atom. The van der Waals surface area contributed by atoms with Gasteiger partial charge in [-0.1, -0.05) is 13.8 Å². The van der Waals surface area contributed by atoms with E-state index in [1.165, 1.54) is 10.9 Å². The summed E-state index contributed by atoms with van der Waals surface area (Å²) < 4.78 is 14.5. The third-order valence-electron chi connectivity index (χ3n) is 2.12. The lowest BCUT2D eigenvalue weighted by Crippen LogP contribution is -1.98. The maximum atomic E-state index is 13.0. The molecule has 0 amide bonds. The van der Waals surface area contributed by atoms with Crippen LogP contribution in [0.25, 0.3) is 5.69 Å². The third-order valence-corrected chi connectivity index (χ3v) is 2.12. The molecule has 6 heteroatoms. The first-order chi connectivity index (χ1) is 8.58. The number of nitro benzene ring substituents is 1. The maximum Gasteiger partial charge on any atom is 0.293 e. The van der Waals surface area contributed by atoms with Crippen LogP contribution in [0, 0.1) is 22.9 Å². The van der Waals surface area contributed by atoms with Crippen LogP contribution in [0.3, 0.4) is 0 Å². The molecule has 0 aliphatic rings. The first-order valence-electron chi connectivity index (χ1n) is 5.53. The summed E-state index contributed by atoms with van der Waals surface area (Å²) in [6.07, 6.45) is 3.01. The van der Waals surface area contributed by atoms with E-state index >= 15 is 0 Å². The Labute approximate surface area is 104 Å². The Bertz CT molecular complexity index is 552. The molecule has 18 heavy (non-hydrogen) atoms. The van der Waals surface area contributed by atoms with Crippen LogP contribution in [0.1, 0.15) is 19.5 Å². The topological polar surface area (TPSA) is 61.0 Å². The van der Waals surface area contributed by atoms with E-state index in [4.69, 9.17) is 0 Å². The van der Waals surface area contributed by atoms with Crippen LogP contribution in [0.4, 0.5) is 10.1 Å². The predicted molar refractivity (Wildman–Crippen MR) is 66.3 cm³/mol. The van der Waals surface area contributed by atoms with Crippen LogP contribution in [0.5, 0.6) is 0 Å². The van der Waals surface area contributed by atoms with Gasteiger partial charge in [0.1, 0.15) is 11.5 Å². The number of benzene rings is 1. The molecule has 0 atom stereocenters. The van der Waals surface area contributed by atoms with Gasteiger partial charge < -0.3 is 0 Å². The predicted octanol–water partition coefficient (Wildman–Crippen LogP) is 3.25. The molecular weight excluding hydrogens is 237 g/mol. The Morgan fingerprint density at radius 1 is 1.39 bits per heavy atom. The van der Waals surface area contributed by atoms with E-state index in [1.54, 1.807) is 13.1 Å². The Morgan fingerprint density at radius 3 is 2.56 bits per heavy atom. The lowest BCUT2D eigenvalue weighted by Gasteiger charge is -2.03. The molecule has 0 unspecified atom stereocenters. The lowest BCUT2D eigenvalue weighted by atomic mass is 10.2. The maximum absolute atomic E-state index is 13.0. The normalized spacial score (nSPS) is 9.56. The average molecular weight is 251 g/mol. The molecule has 0 aliphatic carbocycles. The summed E-state index contributed by atoms with van der Waals surface area (Å²) in [5.41, 5.74) is 0.725. The van der Waals surface area contributed by atoms with Crippen LogP contribution < -0.4 is 0 Å². The number of nitrogens with zero attached hydrogens (tertiary/aromatic N) is 3. The van der Waals surface area contributed by atoms with Crippen molar-refractivity contribution in [2.24, 2.45) is 0 Å². The second-order valence-electron chi connectivity index (χ2n) is 3.31. The van der Waals surface area contributed by atoms with E-state index < -0.39 is 10.7 Å². The smallest absolute Gasteiger partial charge is 0.293 e. The largest absolute Gasteiger partial charge is 0.300 e. The number of rotatable bonds is 2. The highest BCUT2D eigenvalue weighted by Crippen LogP contribution is 2.23. The zero-order valence-electron chi connectivity index (χ0n) is 10.4. The number of hydrogen-bond donors (Lipinski definition) is 0. The summed E-state index contributed by atoms with van der Waals surface area (Å²) in [5.74, 6) is -0.521. The number of aromatic nitrogens is 2. The standard InChI is InChI=1S/C10H8FN3O2.C2H6/c1-7-5-13(6-12-7)10-4-8(11)2-3-9(10)14(15)16;1-2/h2-6H,1H3;1-2H3. The van der Waals surface area contributed by atoms with Gasteiger partial charge in [0.05, 0.1) is 16.9 Å². The van der Waals surface area contributed by atoms with Crippen molar-refractivity contribution in [2.75, 3.05) is 0 Å². The van der Waals surface area contributed by atoms with Gasteiger partial charge in [0.2, 0.25) is 0 Å². The number of hydrogen-bond acceptors (Lipinski definition) is 3. The second-order valence-corrected chi connectivity index (χ2v) is 3.31. The molecule has 0 N–H and O–H groups in total. The van der Waals surface area contributed by atoms with Gasteiger partial charge in [0.15, 0.2) is 0 Å². The highest BCUT2D eigenvalue weighted by molar-refractivity contribution is 5.52. The van der Waals surface area contributed by atoms with Gasteiger partial charge in [0, 0.05) is 18.3 Å². The minimum Gasteiger partial charge on any atom is -0.300 e. The summed E-state index contributed by atoms with van der Waals surface area (Å²) >= 11 is 0. The van der Waals surface area contributed by atoms with Crippen molar-refractivity contribution in [3.63, 3.8) is 0 Å². The molecule has 0 fully saturated rings. The van der Waals surface area contributed by atoms with Gasteiger partial charge in [-0.05, 0) is 13.0 Å². The molecule has 0 spiro atoms. The molecule has 5 nitrogen and oxygen atoms in total. The van der Waals surface area contributed by atoms with E-state index in [-0.39, 0.29) is 11.4 Å². The van der Waals surface area contributed by atoms with Crippen molar-refractivity contribution >= 4 is 5.69 Å². The molecular formula is C12H14FN3O2. The van der Waals surface area contributed by atoms with Crippen molar-refractivity contribution in [2.45, 2.75) is 20.8 Å². The van der Waals surface area contributed by atoms with E-state index in [0.717, 1.165) is 18.2 Å². The average Bonchev–Trinajstić information content (AvgIpc) is 2.78. The Balaban J connectivity index is 0.000000771. The van der Waals surface area contributed by atoms with E-state index in [9.17, 15) is 14.5 Å².